The molecule has 0 fully saturated rings. The third-order valence-corrected chi connectivity index (χ3v) is 3.47. The Kier molecular flexibility index (Phi) is 5.24. The van der Waals surface area contributed by atoms with E-state index in [-0.39, 0.29) is 6.61 Å². The molecule has 3 nitrogen and oxygen atoms in total. The molecule has 0 saturated heterocycles. The van der Waals surface area contributed by atoms with E-state index >= 15 is 0 Å². The second-order valence-corrected chi connectivity index (χ2v) is 5.29. The molecule has 0 aliphatic carbocycles. The molecule has 2 aromatic rings. The van der Waals surface area contributed by atoms with Crippen LogP contribution < -0.4 is 0 Å². The average molecular weight is 312 g/mol. The van der Waals surface area contributed by atoms with Gasteiger partial charge in [-0.15, -0.1) is 0 Å². The SMILES string of the molecule is C=NCCc1cc(Cl)cc(Cc2cc(CO)oc2Cl)c1. The van der Waals surface area contributed by atoms with Gasteiger partial charge >= 0.3 is 0 Å². The highest BCUT2D eigenvalue weighted by Crippen LogP contribution is 2.25. The van der Waals surface area contributed by atoms with Crippen molar-refractivity contribution in [2.45, 2.75) is 19.4 Å². The maximum Gasteiger partial charge on any atom is 0.197 e. The van der Waals surface area contributed by atoms with Crippen LogP contribution in [0.3, 0.4) is 0 Å². The van der Waals surface area contributed by atoms with Crippen molar-refractivity contribution in [3.8, 4) is 0 Å². The van der Waals surface area contributed by atoms with Gasteiger partial charge in [0.05, 0.1) is 0 Å². The minimum Gasteiger partial charge on any atom is -0.447 e. The number of aliphatic hydroxyl groups is 1. The summed E-state index contributed by atoms with van der Waals surface area (Å²) >= 11 is 12.1. The highest BCUT2D eigenvalue weighted by Gasteiger charge is 2.10. The zero-order valence-corrected chi connectivity index (χ0v) is 12.4. The van der Waals surface area contributed by atoms with Gasteiger partial charge in [-0.3, -0.25) is 0 Å². The van der Waals surface area contributed by atoms with E-state index in [1.165, 1.54) is 0 Å². The Labute approximate surface area is 127 Å². The highest BCUT2D eigenvalue weighted by molar-refractivity contribution is 6.30. The van der Waals surface area contributed by atoms with Crippen LogP contribution in [0.25, 0.3) is 0 Å². The van der Waals surface area contributed by atoms with Gasteiger partial charge in [-0.2, -0.15) is 0 Å². The first-order chi connectivity index (χ1) is 9.62. The van der Waals surface area contributed by atoms with Crippen molar-refractivity contribution >= 4 is 29.9 Å². The van der Waals surface area contributed by atoms with Gasteiger partial charge in [-0.1, -0.05) is 17.7 Å². The van der Waals surface area contributed by atoms with E-state index < -0.39 is 0 Å². The van der Waals surface area contributed by atoms with Crippen LogP contribution in [-0.2, 0) is 19.4 Å². The van der Waals surface area contributed by atoms with E-state index in [4.69, 9.17) is 32.7 Å². The van der Waals surface area contributed by atoms with Crippen LogP contribution in [0.4, 0.5) is 0 Å². The van der Waals surface area contributed by atoms with Crippen molar-refractivity contribution in [2.24, 2.45) is 4.99 Å². The molecule has 1 aromatic heterocycles. The van der Waals surface area contributed by atoms with E-state index in [0.29, 0.717) is 29.0 Å². The Morgan fingerprint density at radius 1 is 1.15 bits per heavy atom. The lowest BCUT2D eigenvalue weighted by Crippen LogP contribution is -1.93. The summed E-state index contributed by atoms with van der Waals surface area (Å²) in [4.78, 5) is 3.85. The number of hydrogen-bond acceptors (Lipinski definition) is 3. The number of halogens is 2. The molecule has 5 heteroatoms. The largest absolute Gasteiger partial charge is 0.447 e. The summed E-state index contributed by atoms with van der Waals surface area (Å²) in [7, 11) is 0. The molecule has 0 saturated carbocycles. The first-order valence-corrected chi connectivity index (χ1v) is 6.96. The molecule has 0 aliphatic rings. The molecule has 0 amide bonds. The Morgan fingerprint density at radius 2 is 1.90 bits per heavy atom. The summed E-state index contributed by atoms with van der Waals surface area (Å²) in [5.41, 5.74) is 3.00. The monoisotopic (exact) mass is 311 g/mol. The highest BCUT2D eigenvalue weighted by atomic mass is 35.5. The van der Waals surface area contributed by atoms with Crippen LogP contribution in [0.1, 0.15) is 22.5 Å². The maximum absolute atomic E-state index is 9.04. The summed E-state index contributed by atoms with van der Waals surface area (Å²) in [6, 6.07) is 7.65. The molecular weight excluding hydrogens is 297 g/mol. The van der Waals surface area contributed by atoms with Crippen molar-refractivity contribution in [2.75, 3.05) is 6.54 Å². The van der Waals surface area contributed by atoms with E-state index in [2.05, 4.69) is 17.8 Å². The standard InChI is InChI=1S/C15H15Cl2NO2/c1-18-3-2-10-4-11(7-13(16)6-10)5-12-8-14(9-19)20-15(12)17/h4,6-8,19H,1-3,5,9H2. The second kappa shape index (κ2) is 6.93. The molecule has 0 spiro atoms. The maximum atomic E-state index is 9.04. The van der Waals surface area contributed by atoms with Gasteiger partial charge in [0.2, 0.25) is 0 Å². The van der Waals surface area contributed by atoms with Gasteiger partial charge < -0.3 is 14.5 Å². The number of aliphatic imine (C=N–C) groups is 1. The summed E-state index contributed by atoms with van der Waals surface area (Å²) < 4.78 is 5.22. The zero-order valence-electron chi connectivity index (χ0n) is 10.9. The van der Waals surface area contributed by atoms with Gasteiger partial charge in [0.15, 0.2) is 5.22 Å². The fraction of sp³-hybridized carbons (Fsp3) is 0.267. The molecule has 1 aromatic carbocycles. The van der Waals surface area contributed by atoms with Crippen molar-refractivity contribution in [3.63, 3.8) is 0 Å². The van der Waals surface area contributed by atoms with Crippen molar-refractivity contribution < 1.29 is 9.52 Å². The van der Waals surface area contributed by atoms with E-state index in [0.717, 1.165) is 23.1 Å². The number of benzene rings is 1. The molecule has 1 N–H and O–H groups in total. The molecule has 106 valence electrons. The molecule has 2 rings (SSSR count). The molecule has 0 aliphatic heterocycles. The minimum absolute atomic E-state index is 0.161. The normalized spacial score (nSPS) is 10.8. The first kappa shape index (κ1) is 15.1. The third kappa shape index (κ3) is 3.85. The van der Waals surface area contributed by atoms with Gasteiger partial charge in [0.1, 0.15) is 12.4 Å². The van der Waals surface area contributed by atoms with Crippen molar-refractivity contribution in [1.82, 2.24) is 0 Å². The van der Waals surface area contributed by atoms with Crippen LogP contribution in [0, 0.1) is 0 Å². The predicted octanol–water partition coefficient (Wildman–Crippen LogP) is 3.91. The van der Waals surface area contributed by atoms with E-state index in [9.17, 15) is 0 Å². The molecule has 0 radical (unpaired) electrons. The Hall–Kier alpha value is -1.29. The predicted molar refractivity (Wildman–Crippen MR) is 82.0 cm³/mol. The van der Waals surface area contributed by atoms with Crippen LogP contribution in [0.15, 0.2) is 33.7 Å². The number of nitrogens with zero attached hydrogens (tertiary/aromatic N) is 1. The number of furan rings is 1. The minimum atomic E-state index is -0.161. The van der Waals surface area contributed by atoms with Crippen molar-refractivity contribution in [3.05, 3.63) is 57.0 Å². The molecule has 20 heavy (non-hydrogen) atoms. The summed E-state index contributed by atoms with van der Waals surface area (Å²) in [5.74, 6) is 0.461. The zero-order chi connectivity index (χ0) is 14.5. The molecule has 0 unspecified atom stereocenters. The topological polar surface area (TPSA) is 45.7 Å². The third-order valence-electron chi connectivity index (χ3n) is 2.93. The van der Waals surface area contributed by atoms with Gasteiger partial charge in [0, 0.05) is 23.6 Å². The van der Waals surface area contributed by atoms with Crippen LogP contribution >= 0.6 is 23.2 Å². The first-order valence-electron chi connectivity index (χ1n) is 6.21. The van der Waals surface area contributed by atoms with Crippen molar-refractivity contribution in [1.29, 1.82) is 0 Å². The lowest BCUT2D eigenvalue weighted by molar-refractivity contribution is 0.247. The fourth-order valence-electron chi connectivity index (χ4n) is 2.05. The Bertz CT molecular complexity index is 608. The average Bonchev–Trinajstić information content (AvgIpc) is 2.76. The van der Waals surface area contributed by atoms with E-state index in [1.807, 2.05) is 12.1 Å². The summed E-state index contributed by atoms with van der Waals surface area (Å²) in [5, 5.41) is 10.0. The van der Waals surface area contributed by atoms with Crippen LogP contribution in [-0.4, -0.2) is 18.4 Å². The quantitative estimate of drug-likeness (QED) is 0.822. The van der Waals surface area contributed by atoms with Crippen LogP contribution in [0.2, 0.25) is 10.2 Å². The second-order valence-electron chi connectivity index (χ2n) is 4.51. The van der Waals surface area contributed by atoms with Gasteiger partial charge in [0.25, 0.3) is 0 Å². The van der Waals surface area contributed by atoms with E-state index in [1.54, 1.807) is 6.07 Å². The molecule has 0 atom stereocenters. The lowest BCUT2D eigenvalue weighted by atomic mass is 10.0. The Balaban J connectivity index is 2.21. The molecular formula is C15H15Cl2NO2. The van der Waals surface area contributed by atoms with Gasteiger partial charge in [-0.05, 0) is 54.1 Å². The lowest BCUT2D eigenvalue weighted by Gasteiger charge is -2.05. The molecule has 0 bridgehead atoms. The number of aliphatic hydroxyl groups excluding tert-OH is 1. The van der Waals surface area contributed by atoms with Crippen LogP contribution in [0.5, 0.6) is 0 Å². The summed E-state index contributed by atoms with van der Waals surface area (Å²) in [6.45, 7) is 3.98. The number of hydrogen-bond donors (Lipinski definition) is 1. The smallest absolute Gasteiger partial charge is 0.197 e. The van der Waals surface area contributed by atoms with Gasteiger partial charge in [-0.25, -0.2) is 0 Å². The number of rotatable bonds is 6. The molecule has 1 heterocycles. The Morgan fingerprint density at radius 3 is 2.55 bits per heavy atom. The fourth-order valence-corrected chi connectivity index (χ4v) is 2.55. The summed E-state index contributed by atoms with van der Waals surface area (Å²) in [6.07, 6.45) is 1.41.